The van der Waals surface area contributed by atoms with Gasteiger partial charge in [-0.25, -0.2) is 9.78 Å². The van der Waals surface area contributed by atoms with Gasteiger partial charge in [-0.1, -0.05) is 0 Å². The predicted molar refractivity (Wildman–Crippen MR) is 62.8 cm³/mol. The predicted octanol–water partition coefficient (Wildman–Crippen LogP) is 2.60. The molecule has 0 amide bonds. The topological polar surface area (TPSA) is 68.7 Å². The number of pyridine rings is 1. The standard InChI is InChI=1S/C12H14F3NO4/c1-3-19-6-7(2)20-10-8(11(17)18)4-5-9(16-10)12(13,14)15/h4-5,7H,3,6H2,1-2H3,(H,17,18). The SMILES string of the molecule is CCOCC(C)Oc1nc(C(F)(F)F)ccc1C(=O)O. The summed E-state index contributed by atoms with van der Waals surface area (Å²) in [6, 6.07) is 1.42. The van der Waals surface area contributed by atoms with Crippen LogP contribution in [0.5, 0.6) is 5.88 Å². The van der Waals surface area contributed by atoms with Crippen molar-refractivity contribution in [1.29, 1.82) is 0 Å². The Kier molecular flexibility index (Phi) is 5.32. The molecule has 5 nitrogen and oxygen atoms in total. The molecule has 1 unspecified atom stereocenters. The Bertz CT molecular complexity index is 476. The van der Waals surface area contributed by atoms with Gasteiger partial charge < -0.3 is 14.6 Å². The van der Waals surface area contributed by atoms with E-state index in [2.05, 4.69) is 4.98 Å². The van der Waals surface area contributed by atoms with Crippen LogP contribution in [-0.2, 0) is 10.9 Å². The molecule has 112 valence electrons. The van der Waals surface area contributed by atoms with Crippen LogP contribution in [0.4, 0.5) is 13.2 Å². The number of carboxylic acid groups (broad SMARTS) is 1. The lowest BCUT2D eigenvalue weighted by Gasteiger charge is -2.16. The van der Waals surface area contributed by atoms with E-state index in [4.69, 9.17) is 14.6 Å². The van der Waals surface area contributed by atoms with Crippen molar-refractivity contribution in [2.75, 3.05) is 13.2 Å². The van der Waals surface area contributed by atoms with E-state index in [1.165, 1.54) is 0 Å². The fraction of sp³-hybridized carbons (Fsp3) is 0.500. The number of aromatic carboxylic acids is 1. The first-order chi connectivity index (χ1) is 9.25. The van der Waals surface area contributed by atoms with Crippen molar-refractivity contribution >= 4 is 5.97 Å². The second kappa shape index (κ2) is 6.56. The molecule has 0 aromatic carbocycles. The molecular formula is C12H14F3NO4. The van der Waals surface area contributed by atoms with Gasteiger partial charge in [0.15, 0.2) is 0 Å². The zero-order valence-corrected chi connectivity index (χ0v) is 10.9. The maximum atomic E-state index is 12.6. The molecule has 20 heavy (non-hydrogen) atoms. The van der Waals surface area contributed by atoms with E-state index in [0.29, 0.717) is 12.7 Å². The number of ether oxygens (including phenoxy) is 2. The largest absolute Gasteiger partial charge is 0.477 e. The normalized spacial score (nSPS) is 13.1. The molecule has 1 rings (SSSR count). The van der Waals surface area contributed by atoms with Crippen LogP contribution in [0.25, 0.3) is 0 Å². The highest BCUT2D eigenvalue weighted by molar-refractivity contribution is 5.90. The van der Waals surface area contributed by atoms with E-state index in [0.717, 1.165) is 6.07 Å². The van der Waals surface area contributed by atoms with Crippen LogP contribution in [0.15, 0.2) is 12.1 Å². The van der Waals surface area contributed by atoms with Crippen LogP contribution >= 0.6 is 0 Å². The van der Waals surface area contributed by atoms with Crippen LogP contribution in [0, 0.1) is 0 Å². The highest BCUT2D eigenvalue weighted by atomic mass is 19.4. The molecule has 0 aliphatic rings. The number of halogens is 3. The third-order valence-corrected chi connectivity index (χ3v) is 2.25. The van der Waals surface area contributed by atoms with Crippen LogP contribution in [0.2, 0.25) is 0 Å². The Labute approximate surface area is 113 Å². The minimum atomic E-state index is -4.67. The second-order valence-corrected chi connectivity index (χ2v) is 3.94. The average molecular weight is 293 g/mol. The summed E-state index contributed by atoms with van der Waals surface area (Å²) >= 11 is 0. The monoisotopic (exact) mass is 293 g/mol. The maximum absolute atomic E-state index is 12.6. The summed E-state index contributed by atoms with van der Waals surface area (Å²) in [5.74, 6) is -1.98. The molecule has 1 heterocycles. The van der Waals surface area contributed by atoms with Gasteiger partial charge in [-0.15, -0.1) is 0 Å². The molecule has 0 saturated heterocycles. The van der Waals surface area contributed by atoms with Gasteiger partial charge in [0.05, 0.1) is 6.61 Å². The quantitative estimate of drug-likeness (QED) is 0.873. The highest BCUT2D eigenvalue weighted by Crippen LogP contribution is 2.30. The van der Waals surface area contributed by atoms with Crippen molar-refractivity contribution in [3.8, 4) is 5.88 Å². The van der Waals surface area contributed by atoms with Crippen molar-refractivity contribution in [2.24, 2.45) is 0 Å². The number of rotatable bonds is 6. The molecule has 0 spiro atoms. The van der Waals surface area contributed by atoms with Gasteiger partial charge >= 0.3 is 12.1 Å². The van der Waals surface area contributed by atoms with E-state index in [1.807, 2.05) is 0 Å². The third kappa shape index (κ3) is 4.37. The van der Waals surface area contributed by atoms with Gasteiger partial charge in [0.25, 0.3) is 0 Å². The Morgan fingerprint density at radius 3 is 2.60 bits per heavy atom. The summed E-state index contributed by atoms with van der Waals surface area (Å²) in [5.41, 5.74) is -1.64. The zero-order chi connectivity index (χ0) is 15.3. The molecule has 0 bridgehead atoms. The van der Waals surface area contributed by atoms with Crippen LogP contribution < -0.4 is 4.74 Å². The van der Waals surface area contributed by atoms with E-state index in [-0.39, 0.29) is 6.61 Å². The lowest BCUT2D eigenvalue weighted by molar-refractivity contribution is -0.141. The minimum absolute atomic E-state index is 0.119. The second-order valence-electron chi connectivity index (χ2n) is 3.94. The first-order valence-corrected chi connectivity index (χ1v) is 5.81. The first-order valence-electron chi connectivity index (χ1n) is 5.81. The molecular weight excluding hydrogens is 279 g/mol. The summed E-state index contributed by atoms with van der Waals surface area (Å²) in [7, 11) is 0. The zero-order valence-electron chi connectivity index (χ0n) is 10.9. The summed E-state index contributed by atoms with van der Waals surface area (Å²) in [4.78, 5) is 14.2. The van der Waals surface area contributed by atoms with Crippen molar-refractivity contribution in [1.82, 2.24) is 4.98 Å². The summed E-state index contributed by atoms with van der Waals surface area (Å²) < 4.78 is 47.8. The average Bonchev–Trinajstić information content (AvgIpc) is 2.34. The Morgan fingerprint density at radius 1 is 1.45 bits per heavy atom. The molecule has 0 radical (unpaired) electrons. The van der Waals surface area contributed by atoms with Gasteiger partial charge in [0.2, 0.25) is 5.88 Å². The summed E-state index contributed by atoms with van der Waals surface area (Å²) in [5, 5.41) is 8.92. The van der Waals surface area contributed by atoms with Crippen LogP contribution in [-0.4, -0.2) is 35.4 Å². The van der Waals surface area contributed by atoms with Crippen molar-refractivity contribution < 1.29 is 32.5 Å². The Morgan fingerprint density at radius 2 is 2.10 bits per heavy atom. The number of aromatic nitrogens is 1. The number of alkyl halides is 3. The van der Waals surface area contributed by atoms with Gasteiger partial charge in [-0.2, -0.15) is 13.2 Å². The number of hydrogen-bond acceptors (Lipinski definition) is 4. The highest BCUT2D eigenvalue weighted by Gasteiger charge is 2.34. The van der Waals surface area contributed by atoms with Gasteiger partial charge in [0.1, 0.15) is 17.4 Å². The van der Waals surface area contributed by atoms with Crippen molar-refractivity contribution in [2.45, 2.75) is 26.1 Å². The molecule has 0 aliphatic carbocycles. The van der Waals surface area contributed by atoms with E-state index >= 15 is 0 Å². The smallest absolute Gasteiger partial charge is 0.433 e. The Hall–Kier alpha value is -1.83. The molecule has 1 atom stereocenters. The number of carboxylic acids is 1. The van der Waals surface area contributed by atoms with E-state index in [9.17, 15) is 18.0 Å². The first kappa shape index (κ1) is 16.2. The summed E-state index contributed by atoms with van der Waals surface area (Å²) in [6.07, 6.45) is -5.29. The minimum Gasteiger partial charge on any atom is -0.477 e. The third-order valence-electron chi connectivity index (χ3n) is 2.25. The maximum Gasteiger partial charge on any atom is 0.433 e. The van der Waals surface area contributed by atoms with Gasteiger partial charge in [-0.3, -0.25) is 0 Å². The van der Waals surface area contributed by atoms with E-state index in [1.54, 1.807) is 13.8 Å². The van der Waals surface area contributed by atoms with E-state index < -0.39 is 35.4 Å². The molecule has 0 saturated carbocycles. The summed E-state index contributed by atoms with van der Waals surface area (Å²) in [6.45, 7) is 3.82. The van der Waals surface area contributed by atoms with Crippen LogP contribution in [0.1, 0.15) is 29.9 Å². The number of nitrogens with zero attached hydrogens (tertiary/aromatic N) is 1. The molecule has 1 aromatic rings. The lowest BCUT2D eigenvalue weighted by Crippen LogP contribution is -2.22. The fourth-order valence-electron chi connectivity index (χ4n) is 1.36. The van der Waals surface area contributed by atoms with Crippen molar-refractivity contribution in [3.05, 3.63) is 23.4 Å². The molecule has 1 aromatic heterocycles. The Balaban J connectivity index is 3.03. The lowest BCUT2D eigenvalue weighted by atomic mass is 10.2. The molecule has 0 aliphatic heterocycles. The van der Waals surface area contributed by atoms with Crippen molar-refractivity contribution in [3.63, 3.8) is 0 Å². The van der Waals surface area contributed by atoms with Gasteiger partial charge in [-0.05, 0) is 26.0 Å². The number of carbonyl (C=O) groups is 1. The fourth-order valence-corrected chi connectivity index (χ4v) is 1.36. The molecule has 8 heteroatoms. The van der Waals surface area contributed by atoms with Crippen LogP contribution in [0.3, 0.4) is 0 Å². The number of hydrogen-bond donors (Lipinski definition) is 1. The van der Waals surface area contributed by atoms with Gasteiger partial charge in [0, 0.05) is 6.61 Å². The molecule has 0 fully saturated rings. The molecule has 1 N–H and O–H groups in total.